The Kier molecular flexibility index (Phi) is 7.88. The van der Waals surface area contributed by atoms with E-state index in [-0.39, 0.29) is 35.5 Å². The zero-order chi connectivity index (χ0) is 26.5. The van der Waals surface area contributed by atoms with Gasteiger partial charge in [-0.1, -0.05) is 24.3 Å². The molecule has 0 spiro atoms. The highest BCUT2D eigenvalue weighted by molar-refractivity contribution is 7.92. The number of phenolic OH excluding ortho intramolecular Hbond substituents is 1. The second-order valence-corrected chi connectivity index (χ2v) is 9.67. The number of rotatable bonds is 9. The predicted octanol–water partition coefficient (Wildman–Crippen LogP) is 4.34. The molecular formula is C24H22F3N3O5S. The lowest BCUT2D eigenvalue weighted by atomic mass is 10.0. The molecule has 0 aliphatic heterocycles. The molecule has 0 atom stereocenters. The number of primary amides is 1. The number of anilines is 2. The molecule has 3 aromatic rings. The quantitative estimate of drug-likeness (QED) is 0.245. The number of sulfonamides is 1. The molecule has 190 valence electrons. The number of nitrogens with two attached hydrogens (primary N) is 1. The monoisotopic (exact) mass is 521 g/mol. The minimum atomic E-state index is -4.43. The largest absolute Gasteiger partial charge is 0.506 e. The molecule has 36 heavy (non-hydrogen) atoms. The molecule has 3 rings (SSSR count). The molecule has 2 amide bonds. The van der Waals surface area contributed by atoms with Crippen LogP contribution in [0, 0.1) is 0 Å². The van der Waals surface area contributed by atoms with Gasteiger partial charge in [-0.2, -0.15) is 13.2 Å². The van der Waals surface area contributed by atoms with Crippen LogP contribution in [0.4, 0.5) is 24.5 Å². The summed E-state index contributed by atoms with van der Waals surface area (Å²) in [6, 6.07) is 14.6. The number of phenols is 1. The highest BCUT2D eigenvalue weighted by Crippen LogP contribution is 2.31. The van der Waals surface area contributed by atoms with Gasteiger partial charge < -0.3 is 16.2 Å². The Bertz CT molecular complexity index is 1360. The Balaban J connectivity index is 1.68. The molecule has 0 heterocycles. The van der Waals surface area contributed by atoms with Crippen LogP contribution in [0.2, 0.25) is 0 Å². The highest BCUT2D eigenvalue weighted by atomic mass is 32.2. The minimum absolute atomic E-state index is 0.00429. The standard InChI is InChI=1S/C24H22F3N3O5S/c25-24(26,27)18-9-7-16(8-10-18)15-3-5-17(6-4-15)23(33)29-19-11-12-21(31)20(14-19)30-36(34,35)13-1-2-22(28)32/h3-12,14,30-31H,1-2,13H2,(H2,28,32)(H,29,33). The van der Waals surface area contributed by atoms with Crippen molar-refractivity contribution < 1.29 is 36.3 Å². The predicted molar refractivity (Wildman–Crippen MR) is 129 cm³/mol. The van der Waals surface area contributed by atoms with Crippen LogP contribution < -0.4 is 15.8 Å². The van der Waals surface area contributed by atoms with Crippen LogP contribution in [0.25, 0.3) is 11.1 Å². The number of hydrogen-bond donors (Lipinski definition) is 4. The SMILES string of the molecule is NC(=O)CCCS(=O)(=O)Nc1cc(NC(=O)c2ccc(-c3ccc(C(F)(F)F)cc3)cc2)ccc1O. The van der Waals surface area contributed by atoms with Crippen LogP contribution in [-0.2, 0) is 21.0 Å². The molecule has 0 saturated heterocycles. The number of amides is 2. The van der Waals surface area contributed by atoms with Gasteiger partial charge in [-0.15, -0.1) is 0 Å². The number of halogens is 3. The number of nitrogens with one attached hydrogen (secondary N) is 2. The van der Waals surface area contributed by atoms with Gasteiger partial charge in [0.1, 0.15) is 5.75 Å². The zero-order valence-electron chi connectivity index (χ0n) is 18.7. The van der Waals surface area contributed by atoms with Crippen LogP contribution in [0.15, 0.2) is 66.7 Å². The lowest BCUT2D eigenvalue weighted by Gasteiger charge is -2.12. The summed E-state index contributed by atoms with van der Waals surface area (Å²) >= 11 is 0. The van der Waals surface area contributed by atoms with Crippen molar-refractivity contribution in [1.29, 1.82) is 0 Å². The van der Waals surface area contributed by atoms with Gasteiger partial charge in [0.2, 0.25) is 15.9 Å². The zero-order valence-corrected chi connectivity index (χ0v) is 19.5. The van der Waals surface area contributed by atoms with Gasteiger partial charge in [-0.05, 0) is 60.0 Å². The summed E-state index contributed by atoms with van der Waals surface area (Å²) in [4.78, 5) is 23.4. The van der Waals surface area contributed by atoms with Crippen molar-refractivity contribution in [2.45, 2.75) is 19.0 Å². The van der Waals surface area contributed by atoms with Gasteiger partial charge in [0, 0.05) is 17.7 Å². The van der Waals surface area contributed by atoms with Crippen molar-refractivity contribution in [3.05, 3.63) is 77.9 Å². The summed E-state index contributed by atoms with van der Waals surface area (Å²) in [5, 5.41) is 12.6. The van der Waals surface area contributed by atoms with Gasteiger partial charge in [0.15, 0.2) is 0 Å². The number of carbonyl (C=O) groups excluding carboxylic acids is 2. The van der Waals surface area contributed by atoms with E-state index in [4.69, 9.17) is 5.73 Å². The maximum Gasteiger partial charge on any atom is 0.416 e. The third kappa shape index (κ3) is 7.22. The van der Waals surface area contributed by atoms with E-state index in [0.717, 1.165) is 12.1 Å². The Morgan fingerprint density at radius 1 is 0.917 bits per heavy atom. The van der Waals surface area contributed by atoms with Crippen LogP contribution in [0.5, 0.6) is 5.75 Å². The first kappa shape index (κ1) is 26.5. The first-order valence-electron chi connectivity index (χ1n) is 10.5. The molecule has 3 aromatic carbocycles. The van der Waals surface area contributed by atoms with Crippen molar-refractivity contribution in [3.63, 3.8) is 0 Å². The summed E-state index contributed by atoms with van der Waals surface area (Å²) in [6.45, 7) is 0. The molecule has 0 aromatic heterocycles. The second kappa shape index (κ2) is 10.7. The molecule has 0 bridgehead atoms. The van der Waals surface area contributed by atoms with Crippen molar-refractivity contribution in [2.24, 2.45) is 5.73 Å². The summed E-state index contributed by atoms with van der Waals surface area (Å²) < 4.78 is 64.8. The van der Waals surface area contributed by atoms with Crippen LogP contribution in [0.1, 0.15) is 28.8 Å². The Labute approximate surface area is 205 Å². The van der Waals surface area contributed by atoms with E-state index in [1.807, 2.05) is 0 Å². The van der Waals surface area contributed by atoms with Crippen LogP contribution in [0.3, 0.4) is 0 Å². The Morgan fingerprint density at radius 3 is 2.06 bits per heavy atom. The lowest BCUT2D eigenvalue weighted by Crippen LogP contribution is -2.19. The first-order valence-corrected chi connectivity index (χ1v) is 12.2. The van der Waals surface area contributed by atoms with E-state index >= 15 is 0 Å². The molecule has 0 saturated carbocycles. The van der Waals surface area contributed by atoms with Crippen molar-refractivity contribution in [3.8, 4) is 16.9 Å². The van der Waals surface area contributed by atoms with Crippen molar-refractivity contribution in [2.75, 3.05) is 15.8 Å². The Hall–Kier alpha value is -4.06. The van der Waals surface area contributed by atoms with Crippen LogP contribution >= 0.6 is 0 Å². The van der Waals surface area contributed by atoms with E-state index in [1.165, 1.54) is 42.5 Å². The average molecular weight is 522 g/mol. The fourth-order valence-electron chi connectivity index (χ4n) is 3.22. The summed E-state index contributed by atoms with van der Waals surface area (Å²) in [7, 11) is -3.89. The van der Waals surface area contributed by atoms with E-state index in [9.17, 15) is 36.3 Å². The maximum atomic E-state index is 12.7. The maximum absolute atomic E-state index is 12.7. The van der Waals surface area contributed by atoms with Gasteiger partial charge in [-0.3, -0.25) is 14.3 Å². The highest BCUT2D eigenvalue weighted by Gasteiger charge is 2.30. The molecular weight excluding hydrogens is 499 g/mol. The number of aromatic hydroxyl groups is 1. The average Bonchev–Trinajstić information content (AvgIpc) is 2.80. The molecule has 0 unspecified atom stereocenters. The number of hydrogen-bond acceptors (Lipinski definition) is 5. The molecule has 5 N–H and O–H groups in total. The van der Waals surface area contributed by atoms with Crippen molar-refractivity contribution >= 4 is 33.2 Å². The van der Waals surface area contributed by atoms with E-state index < -0.39 is 39.3 Å². The molecule has 8 nitrogen and oxygen atoms in total. The fourth-order valence-corrected chi connectivity index (χ4v) is 4.34. The third-order valence-corrected chi connectivity index (χ3v) is 6.41. The number of benzene rings is 3. The Morgan fingerprint density at radius 2 is 1.50 bits per heavy atom. The van der Waals surface area contributed by atoms with E-state index in [2.05, 4.69) is 10.0 Å². The molecule has 0 radical (unpaired) electrons. The summed E-state index contributed by atoms with van der Waals surface area (Å²) in [5.41, 5.74) is 5.66. The van der Waals surface area contributed by atoms with Gasteiger partial charge in [0.25, 0.3) is 5.91 Å². The van der Waals surface area contributed by atoms with Gasteiger partial charge in [-0.25, -0.2) is 8.42 Å². The van der Waals surface area contributed by atoms with Crippen molar-refractivity contribution in [1.82, 2.24) is 0 Å². The smallest absolute Gasteiger partial charge is 0.416 e. The topological polar surface area (TPSA) is 139 Å². The van der Waals surface area contributed by atoms with Crippen LogP contribution in [-0.4, -0.2) is 31.1 Å². The van der Waals surface area contributed by atoms with E-state index in [1.54, 1.807) is 12.1 Å². The minimum Gasteiger partial charge on any atom is -0.506 e. The third-order valence-electron chi connectivity index (χ3n) is 5.05. The molecule has 0 fully saturated rings. The lowest BCUT2D eigenvalue weighted by molar-refractivity contribution is -0.137. The van der Waals surface area contributed by atoms with Gasteiger partial charge >= 0.3 is 6.18 Å². The fraction of sp³-hybridized carbons (Fsp3) is 0.167. The normalized spacial score (nSPS) is 11.6. The van der Waals surface area contributed by atoms with Gasteiger partial charge in [0.05, 0.1) is 17.0 Å². The first-order chi connectivity index (χ1) is 16.8. The summed E-state index contributed by atoms with van der Waals surface area (Å²) in [5.74, 6) is -1.93. The number of alkyl halides is 3. The number of carbonyl (C=O) groups is 2. The molecule has 0 aliphatic rings. The summed E-state index contributed by atoms with van der Waals surface area (Å²) in [6.07, 6.45) is -4.54. The van der Waals surface area contributed by atoms with E-state index in [0.29, 0.717) is 11.1 Å². The molecule has 12 heteroatoms. The molecule has 0 aliphatic carbocycles. The second-order valence-electron chi connectivity index (χ2n) is 7.83.